The predicted octanol–water partition coefficient (Wildman–Crippen LogP) is 3.76. The molecule has 0 unspecified atom stereocenters. The third-order valence-electron chi connectivity index (χ3n) is 2.86. The second-order valence-electron chi connectivity index (χ2n) is 4.56. The van der Waals surface area contributed by atoms with E-state index in [1.54, 1.807) is 24.4 Å². The van der Waals surface area contributed by atoms with Crippen LogP contribution < -0.4 is 5.32 Å². The highest BCUT2D eigenvalue weighted by atomic mass is 19.1. The maximum Gasteiger partial charge on any atom is 0.128 e. The molecule has 0 fully saturated rings. The van der Waals surface area contributed by atoms with Crippen molar-refractivity contribution < 1.29 is 9.13 Å². The van der Waals surface area contributed by atoms with Gasteiger partial charge in [0.2, 0.25) is 0 Å². The first kappa shape index (κ1) is 14.5. The van der Waals surface area contributed by atoms with Crippen LogP contribution in [0.1, 0.15) is 24.5 Å². The molecule has 2 rings (SSSR count). The van der Waals surface area contributed by atoms with Crippen molar-refractivity contribution in [1.29, 1.82) is 0 Å². The lowest BCUT2D eigenvalue weighted by Gasteiger charge is -2.07. The van der Waals surface area contributed by atoms with Crippen molar-refractivity contribution in [2.24, 2.45) is 0 Å². The van der Waals surface area contributed by atoms with E-state index in [0.29, 0.717) is 12.2 Å². The van der Waals surface area contributed by atoms with Crippen LogP contribution in [0.2, 0.25) is 0 Å². The lowest BCUT2D eigenvalue weighted by molar-refractivity contribution is 0.104. The van der Waals surface area contributed by atoms with E-state index in [0.717, 1.165) is 24.3 Å². The minimum absolute atomic E-state index is 0.232. The van der Waals surface area contributed by atoms with Crippen molar-refractivity contribution in [3.63, 3.8) is 0 Å². The van der Waals surface area contributed by atoms with Crippen molar-refractivity contribution in [1.82, 2.24) is 4.98 Å². The van der Waals surface area contributed by atoms with Crippen molar-refractivity contribution >= 4 is 5.82 Å². The van der Waals surface area contributed by atoms with Crippen molar-refractivity contribution in [3.8, 4) is 0 Å². The first-order chi connectivity index (χ1) is 9.79. The van der Waals surface area contributed by atoms with Crippen LogP contribution in [0.4, 0.5) is 10.2 Å². The van der Waals surface area contributed by atoms with Gasteiger partial charge in [0.1, 0.15) is 11.6 Å². The minimum Gasteiger partial charge on any atom is -0.372 e. The quantitative estimate of drug-likeness (QED) is 0.834. The van der Waals surface area contributed by atoms with Crippen LogP contribution in [0.3, 0.4) is 0 Å². The fraction of sp³-hybridized carbons (Fsp3) is 0.312. The van der Waals surface area contributed by atoms with E-state index < -0.39 is 0 Å². The number of hydrogen-bond acceptors (Lipinski definition) is 3. The van der Waals surface area contributed by atoms with E-state index in [4.69, 9.17) is 4.74 Å². The van der Waals surface area contributed by atoms with Gasteiger partial charge in [-0.1, -0.05) is 31.2 Å². The molecule has 3 nitrogen and oxygen atoms in total. The summed E-state index contributed by atoms with van der Waals surface area (Å²) in [6.07, 6.45) is 2.84. The molecule has 0 saturated heterocycles. The summed E-state index contributed by atoms with van der Waals surface area (Å²) in [5.41, 5.74) is 1.55. The van der Waals surface area contributed by atoms with Gasteiger partial charge in [-0.25, -0.2) is 9.37 Å². The highest BCUT2D eigenvalue weighted by Gasteiger charge is 2.01. The molecule has 0 aliphatic rings. The van der Waals surface area contributed by atoms with Gasteiger partial charge in [0.05, 0.1) is 13.2 Å². The van der Waals surface area contributed by atoms with Gasteiger partial charge < -0.3 is 10.1 Å². The normalized spacial score (nSPS) is 10.5. The number of hydrogen-bond donors (Lipinski definition) is 1. The zero-order valence-corrected chi connectivity index (χ0v) is 11.6. The molecule has 1 heterocycles. The topological polar surface area (TPSA) is 34.1 Å². The molecule has 20 heavy (non-hydrogen) atoms. The second kappa shape index (κ2) is 7.60. The zero-order chi connectivity index (χ0) is 14.2. The largest absolute Gasteiger partial charge is 0.372 e. The van der Waals surface area contributed by atoms with E-state index in [1.807, 2.05) is 12.1 Å². The molecule has 0 aliphatic heterocycles. The molecule has 1 aromatic heterocycles. The number of anilines is 1. The molecule has 106 valence electrons. The molecule has 0 amide bonds. The number of benzene rings is 1. The van der Waals surface area contributed by atoms with Crippen LogP contribution in [-0.2, 0) is 18.0 Å². The van der Waals surface area contributed by atoms with E-state index in [9.17, 15) is 4.39 Å². The number of aromatic nitrogens is 1. The van der Waals surface area contributed by atoms with Gasteiger partial charge in [0.15, 0.2) is 0 Å². The molecule has 0 spiro atoms. The minimum atomic E-state index is -0.232. The average Bonchev–Trinajstić information content (AvgIpc) is 2.48. The van der Waals surface area contributed by atoms with Crippen molar-refractivity contribution in [2.45, 2.75) is 26.6 Å². The number of pyridine rings is 1. The average molecular weight is 274 g/mol. The van der Waals surface area contributed by atoms with Crippen LogP contribution in [0.15, 0.2) is 42.6 Å². The molecular weight excluding hydrogens is 255 g/mol. The monoisotopic (exact) mass is 274 g/mol. The third-order valence-corrected chi connectivity index (χ3v) is 2.86. The van der Waals surface area contributed by atoms with Crippen molar-refractivity contribution in [3.05, 3.63) is 59.5 Å². The Balaban J connectivity index is 1.81. The summed E-state index contributed by atoms with van der Waals surface area (Å²) in [4.78, 5) is 4.29. The molecule has 0 saturated carbocycles. The lowest BCUT2D eigenvalue weighted by Crippen LogP contribution is -2.02. The number of halogens is 1. The van der Waals surface area contributed by atoms with Crippen molar-refractivity contribution in [2.75, 3.05) is 11.9 Å². The zero-order valence-electron chi connectivity index (χ0n) is 11.6. The molecule has 2 aromatic rings. The van der Waals surface area contributed by atoms with Gasteiger partial charge in [-0.05, 0) is 24.1 Å². The maximum atomic E-state index is 13.4. The van der Waals surface area contributed by atoms with Gasteiger partial charge in [0, 0.05) is 18.3 Å². The Morgan fingerprint density at radius 3 is 2.70 bits per heavy atom. The second-order valence-corrected chi connectivity index (χ2v) is 4.56. The SMILES string of the molecule is CCCNc1ccc(COCc2ccccc2F)cn1. The fourth-order valence-corrected chi connectivity index (χ4v) is 1.76. The van der Waals surface area contributed by atoms with Gasteiger partial charge in [-0.15, -0.1) is 0 Å². The Labute approximate surface area is 118 Å². The Kier molecular flexibility index (Phi) is 5.50. The van der Waals surface area contributed by atoms with Gasteiger partial charge >= 0.3 is 0 Å². The fourth-order valence-electron chi connectivity index (χ4n) is 1.76. The van der Waals surface area contributed by atoms with Crippen LogP contribution in [0, 0.1) is 5.82 Å². The highest BCUT2D eigenvalue weighted by Crippen LogP contribution is 2.10. The molecular formula is C16H19FN2O. The Morgan fingerprint density at radius 1 is 1.15 bits per heavy atom. The van der Waals surface area contributed by atoms with Crippen LogP contribution in [0.25, 0.3) is 0 Å². The summed E-state index contributed by atoms with van der Waals surface area (Å²) < 4.78 is 18.9. The Hall–Kier alpha value is -1.94. The van der Waals surface area contributed by atoms with Crippen LogP contribution in [0.5, 0.6) is 0 Å². The molecule has 1 N–H and O–H groups in total. The number of nitrogens with one attached hydrogen (secondary N) is 1. The first-order valence-corrected chi connectivity index (χ1v) is 6.79. The number of rotatable bonds is 7. The Bertz CT molecular complexity index is 528. The summed E-state index contributed by atoms with van der Waals surface area (Å²) in [6.45, 7) is 3.71. The standard InChI is InChI=1S/C16H19FN2O/c1-2-9-18-16-8-7-13(10-19-16)11-20-12-14-5-3-4-6-15(14)17/h3-8,10H,2,9,11-12H2,1H3,(H,18,19). The van der Waals surface area contributed by atoms with E-state index >= 15 is 0 Å². The van der Waals surface area contributed by atoms with E-state index in [-0.39, 0.29) is 12.4 Å². The smallest absolute Gasteiger partial charge is 0.128 e. The molecule has 0 atom stereocenters. The lowest BCUT2D eigenvalue weighted by atomic mass is 10.2. The van der Waals surface area contributed by atoms with Gasteiger partial charge in [-0.2, -0.15) is 0 Å². The summed E-state index contributed by atoms with van der Waals surface area (Å²) in [7, 11) is 0. The van der Waals surface area contributed by atoms with E-state index in [2.05, 4.69) is 17.2 Å². The molecule has 0 bridgehead atoms. The summed E-state index contributed by atoms with van der Waals surface area (Å²) in [5, 5.41) is 3.21. The molecule has 0 radical (unpaired) electrons. The van der Waals surface area contributed by atoms with E-state index in [1.165, 1.54) is 6.07 Å². The highest BCUT2D eigenvalue weighted by molar-refractivity contribution is 5.35. The first-order valence-electron chi connectivity index (χ1n) is 6.79. The predicted molar refractivity (Wildman–Crippen MR) is 77.9 cm³/mol. The van der Waals surface area contributed by atoms with Crippen LogP contribution in [-0.4, -0.2) is 11.5 Å². The third kappa shape index (κ3) is 4.31. The summed E-state index contributed by atoms with van der Waals surface area (Å²) in [5.74, 6) is 0.634. The molecule has 4 heteroatoms. The number of nitrogens with zero attached hydrogens (tertiary/aromatic N) is 1. The maximum absolute atomic E-state index is 13.4. The van der Waals surface area contributed by atoms with Gasteiger partial charge in [-0.3, -0.25) is 0 Å². The molecule has 1 aromatic carbocycles. The van der Waals surface area contributed by atoms with Crippen LogP contribution >= 0.6 is 0 Å². The summed E-state index contributed by atoms with van der Waals surface area (Å²) in [6, 6.07) is 10.5. The van der Waals surface area contributed by atoms with Gasteiger partial charge in [0.25, 0.3) is 0 Å². The molecule has 0 aliphatic carbocycles. The summed E-state index contributed by atoms with van der Waals surface area (Å²) >= 11 is 0. The Morgan fingerprint density at radius 2 is 2.00 bits per heavy atom. The number of ether oxygens (including phenoxy) is 1.